The lowest BCUT2D eigenvalue weighted by atomic mass is 9.89. The molecule has 0 saturated heterocycles. The van der Waals surface area contributed by atoms with E-state index in [9.17, 15) is 14.4 Å². The van der Waals surface area contributed by atoms with Gasteiger partial charge < -0.3 is 4.74 Å². The number of ether oxygens (including phenoxy) is 1. The summed E-state index contributed by atoms with van der Waals surface area (Å²) in [7, 11) is 1.34. The fourth-order valence-corrected chi connectivity index (χ4v) is 2.90. The van der Waals surface area contributed by atoms with Crippen LogP contribution in [0.15, 0.2) is 53.7 Å². The van der Waals surface area contributed by atoms with Gasteiger partial charge in [0.1, 0.15) is 5.82 Å². The summed E-state index contributed by atoms with van der Waals surface area (Å²) in [5.74, 6) is -1.49. The molecule has 1 atom stereocenters. The van der Waals surface area contributed by atoms with E-state index >= 15 is 0 Å². The first-order valence-corrected chi connectivity index (χ1v) is 8.58. The van der Waals surface area contributed by atoms with Crippen molar-refractivity contribution in [3.05, 3.63) is 59.8 Å². The topological polar surface area (TPSA) is 88.9 Å². The van der Waals surface area contributed by atoms with Gasteiger partial charge in [-0.2, -0.15) is 0 Å². The van der Waals surface area contributed by atoms with E-state index in [1.54, 1.807) is 48.7 Å². The van der Waals surface area contributed by atoms with Crippen molar-refractivity contribution < 1.29 is 19.1 Å². The number of pyridine rings is 1. The molecular weight excluding hydrogens is 346 g/mol. The Balaban J connectivity index is 1.86. The Morgan fingerprint density at radius 2 is 2.00 bits per heavy atom. The number of nitrogens with zero attached hydrogens (tertiary/aromatic N) is 3. The number of rotatable bonds is 6. The molecule has 0 N–H and O–H groups in total. The highest BCUT2D eigenvalue weighted by Crippen LogP contribution is 2.30. The van der Waals surface area contributed by atoms with E-state index in [0.29, 0.717) is 24.1 Å². The fraction of sp³-hybridized carbons (Fsp3) is 0.250. The number of amides is 2. The van der Waals surface area contributed by atoms with Crippen LogP contribution < -0.4 is 4.90 Å². The van der Waals surface area contributed by atoms with Crippen molar-refractivity contribution in [2.45, 2.75) is 18.8 Å². The van der Waals surface area contributed by atoms with E-state index in [1.165, 1.54) is 13.3 Å². The number of esters is 1. The number of methoxy groups -OCH3 is 1. The van der Waals surface area contributed by atoms with E-state index in [2.05, 4.69) is 14.7 Å². The van der Waals surface area contributed by atoms with Gasteiger partial charge in [-0.25, -0.2) is 9.88 Å². The number of anilines is 1. The molecule has 0 saturated carbocycles. The van der Waals surface area contributed by atoms with Crippen LogP contribution in [0.25, 0.3) is 0 Å². The Kier molecular flexibility index (Phi) is 5.71. The maximum Gasteiger partial charge on any atom is 0.305 e. The van der Waals surface area contributed by atoms with E-state index in [0.717, 1.165) is 4.90 Å². The largest absolute Gasteiger partial charge is 0.469 e. The van der Waals surface area contributed by atoms with Gasteiger partial charge in [-0.3, -0.25) is 19.4 Å². The molecule has 3 rings (SSSR count). The highest BCUT2D eigenvalue weighted by Gasteiger charge is 2.39. The molecule has 0 fully saturated rings. The van der Waals surface area contributed by atoms with Crippen LogP contribution in [0.2, 0.25) is 0 Å². The Labute approximate surface area is 156 Å². The molecule has 27 heavy (non-hydrogen) atoms. The highest BCUT2D eigenvalue weighted by molar-refractivity contribution is 6.28. The Bertz CT molecular complexity index is 880. The molecule has 0 radical (unpaired) electrons. The number of fused-ring (bicyclic) bond motifs is 1. The van der Waals surface area contributed by atoms with Gasteiger partial charge in [0.15, 0.2) is 0 Å². The zero-order valence-electron chi connectivity index (χ0n) is 14.9. The van der Waals surface area contributed by atoms with Crippen LogP contribution in [0.1, 0.15) is 34.7 Å². The molecule has 1 unspecified atom stereocenters. The molecule has 0 spiro atoms. The normalized spacial score (nSPS) is 16.5. The van der Waals surface area contributed by atoms with Crippen LogP contribution in [-0.4, -0.2) is 42.6 Å². The van der Waals surface area contributed by atoms with Crippen LogP contribution in [0.4, 0.5) is 5.82 Å². The molecular formula is C20H19N3O4. The molecule has 2 heterocycles. The summed E-state index contributed by atoms with van der Waals surface area (Å²) < 4.78 is 4.59. The van der Waals surface area contributed by atoms with Crippen LogP contribution in [0.3, 0.4) is 0 Å². The summed E-state index contributed by atoms with van der Waals surface area (Å²) in [5.41, 5.74) is 1.07. The van der Waals surface area contributed by atoms with Crippen molar-refractivity contribution in [1.29, 1.82) is 0 Å². The molecule has 1 aliphatic heterocycles. The molecule has 0 bridgehead atoms. The predicted molar refractivity (Wildman–Crippen MR) is 99.8 cm³/mol. The van der Waals surface area contributed by atoms with Crippen molar-refractivity contribution in [1.82, 2.24) is 4.98 Å². The number of carbonyl (C=O) groups excluding carboxylic acids is 3. The maximum atomic E-state index is 13.0. The van der Waals surface area contributed by atoms with Crippen molar-refractivity contribution in [3.8, 4) is 0 Å². The molecule has 0 aliphatic carbocycles. The smallest absolute Gasteiger partial charge is 0.305 e. The zero-order valence-corrected chi connectivity index (χ0v) is 14.9. The number of carbonyl (C=O) groups is 3. The van der Waals surface area contributed by atoms with Gasteiger partial charge in [0.25, 0.3) is 5.91 Å². The molecule has 138 valence electrons. The molecule has 2 aromatic rings. The second-order valence-electron chi connectivity index (χ2n) is 5.97. The Morgan fingerprint density at radius 3 is 2.74 bits per heavy atom. The average Bonchev–Trinajstić information content (AvgIpc) is 2.70. The second-order valence-corrected chi connectivity index (χ2v) is 5.97. The van der Waals surface area contributed by atoms with E-state index < -0.39 is 17.7 Å². The number of aromatic nitrogens is 1. The lowest BCUT2D eigenvalue weighted by Crippen LogP contribution is -2.45. The summed E-state index contributed by atoms with van der Waals surface area (Å²) in [4.78, 5) is 46.5. The summed E-state index contributed by atoms with van der Waals surface area (Å²) in [6, 6.07) is 12.1. The fourth-order valence-electron chi connectivity index (χ4n) is 2.90. The zero-order chi connectivity index (χ0) is 19.2. The van der Waals surface area contributed by atoms with Crippen molar-refractivity contribution in [2.75, 3.05) is 18.6 Å². The quantitative estimate of drug-likeness (QED) is 0.339. The minimum atomic E-state index is -0.681. The van der Waals surface area contributed by atoms with Crippen LogP contribution in [0.5, 0.6) is 0 Å². The van der Waals surface area contributed by atoms with E-state index in [4.69, 9.17) is 0 Å². The van der Waals surface area contributed by atoms with E-state index in [1.807, 2.05) is 0 Å². The molecule has 2 amide bonds. The van der Waals surface area contributed by atoms with Gasteiger partial charge in [-0.1, -0.05) is 24.3 Å². The van der Waals surface area contributed by atoms with Crippen molar-refractivity contribution in [2.24, 2.45) is 4.99 Å². The van der Waals surface area contributed by atoms with Gasteiger partial charge >= 0.3 is 5.97 Å². The van der Waals surface area contributed by atoms with Crippen LogP contribution >= 0.6 is 0 Å². The maximum absolute atomic E-state index is 13.0. The Hall–Kier alpha value is -3.35. The standard InChI is InChI=1S/C20H19N3O4/c1-27-18(24)10-6-11-21-13-16-14-7-2-3-8-15(14)19(25)23(20(16)26)17-9-4-5-12-22-17/h2-5,7-9,12-13,16H,6,10-11H2,1H3. The first kappa shape index (κ1) is 18.4. The van der Waals surface area contributed by atoms with Gasteiger partial charge in [0.2, 0.25) is 5.91 Å². The lowest BCUT2D eigenvalue weighted by Gasteiger charge is -2.30. The number of aliphatic imine (C=N–C) groups is 1. The van der Waals surface area contributed by atoms with Crippen LogP contribution in [-0.2, 0) is 14.3 Å². The SMILES string of the molecule is COC(=O)CCCN=CC1C(=O)N(c2ccccn2)C(=O)c2ccccc21. The minimum absolute atomic E-state index is 0.265. The third kappa shape index (κ3) is 3.92. The van der Waals surface area contributed by atoms with E-state index in [-0.39, 0.29) is 18.2 Å². The number of imide groups is 1. The van der Waals surface area contributed by atoms with Crippen molar-refractivity contribution in [3.63, 3.8) is 0 Å². The lowest BCUT2D eigenvalue weighted by molar-refractivity contribution is -0.140. The average molecular weight is 365 g/mol. The number of hydrogen-bond acceptors (Lipinski definition) is 6. The van der Waals surface area contributed by atoms with Crippen molar-refractivity contribution >= 4 is 29.8 Å². The summed E-state index contributed by atoms with van der Waals surface area (Å²) in [6.45, 7) is 0.387. The summed E-state index contributed by atoms with van der Waals surface area (Å²) in [5, 5.41) is 0. The minimum Gasteiger partial charge on any atom is -0.469 e. The monoisotopic (exact) mass is 365 g/mol. The molecule has 7 nitrogen and oxygen atoms in total. The third-order valence-corrected chi connectivity index (χ3v) is 4.24. The van der Waals surface area contributed by atoms with Gasteiger partial charge in [-0.05, 0) is 30.2 Å². The van der Waals surface area contributed by atoms with Gasteiger partial charge in [0, 0.05) is 30.9 Å². The Morgan fingerprint density at radius 1 is 1.22 bits per heavy atom. The predicted octanol–water partition coefficient (Wildman–Crippen LogP) is 2.38. The molecule has 1 aromatic heterocycles. The molecule has 1 aliphatic rings. The first-order chi connectivity index (χ1) is 13.1. The third-order valence-electron chi connectivity index (χ3n) is 4.24. The first-order valence-electron chi connectivity index (χ1n) is 8.58. The second kappa shape index (κ2) is 8.35. The number of benzene rings is 1. The summed E-state index contributed by atoms with van der Waals surface area (Å²) in [6.07, 6.45) is 3.86. The number of hydrogen-bond donors (Lipinski definition) is 0. The molecule has 7 heteroatoms. The van der Waals surface area contributed by atoms with Gasteiger partial charge in [-0.15, -0.1) is 0 Å². The molecule has 1 aromatic carbocycles. The highest BCUT2D eigenvalue weighted by atomic mass is 16.5. The summed E-state index contributed by atoms with van der Waals surface area (Å²) >= 11 is 0. The van der Waals surface area contributed by atoms with Gasteiger partial charge in [0.05, 0.1) is 13.0 Å². The van der Waals surface area contributed by atoms with Crippen LogP contribution in [0, 0.1) is 0 Å².